The minimum Gasteiger partial charge on any atom is -0.469 e. The van der Waals surface area contributed by atoms with E-state index in [0.29, 0.717) is 12.6 Å². The van der Waals surface area contributed by atoms with E-state index in [4.69, 9.17) is 14.1 Å². The van der Waals surface area contributed by atoms with Gasteiger partial charge >= 0.3 is 0 Å². The Labute approximate surface area is 145 Å². The Morgan fingerprint density at radius 3 is 3.00 bits per heavy atom. The summed E-state index contributed by atoms with van der Waals surface area (Å²) < 4.78 is 10.8. The zero-order valence-electron chi connectivity index (χ0n) is 15.1. The molecule has 2 N–H and O–H groups in total. The van der Waals surface area contributed by atoms with Crippen molar-refractivity contribution in [1.29, 1.82) is 0 Å². The number of likely N-dealkylation sites (N-methyl/N-ethyl adjacent to an activating group) is 1. The van der Waals surface area contributed by atoms with Gasteiger partial charge in [0.25, 0.3) is 0 Å². The molecule has 24 heavy (non-hydrogen) atoms. The highest BCUT2D eigenvalue weighted by molar-refractivity contribution is 5.79. The van der Waals surface area contributed by atoms with E-state index in [1.807, 2.05) is 19.1 Å². The minimum absolute atomic E-state index is 0.575. The Kier molecular flexibility index (Phi) is 8.70. The van der Waals surface area contributed by atoms with Crippen molar-refractivity contribution in [3.8, 4) is 0 Å². The average molecular weight is 336 g/mol. The lowest BCUT2D eigenvalue weighted by Crippen LogP contribution is -2.41. The highest BCUT2D eigenvalue weighted by atomic mass is 16.5. The summed E-state index contributed by atoms with van der Waals surface area (Å²) in [5, 5.41) is 6.75. The highest BCUT2D eigenvalue weighted by Crippen LogP contribution is 2.16. The Bertz CT molecular complexity index is 462. The van der Waals surface area contributed by atoms with Crippen molar-refractivity contribution in [2.24, 2.45) is 4.99 Å². The van der Waals surface area contributed by atoms with Gasteiger partial charge in [0.05, 0.1) is 19.4 Å². The van der Waals surface area contributed by atoms with Crippen LogP contribution in [0.5, 0.6) is 0 Å². The van der Waals surface area contributed by atoms with E-state index in [1.165, 1.54) is 19.4 Å². The minimum atomic E-state index is 0.575. The number of likely N-dealkylation sites (tertiary alicyclic amines) is 1. The van der Waals surface area contributed by atoms with E-state index in [2.05, 4.69) is 22.5 Å². The summed E-state index contributed by atoms with van der Waals surface area (Å²) in [6, 6.07) is 4.49. The maximum atomic E-state index is 5.39. The van der Waals surface area contributed by atoms with Gasteiger partial charge in [-0.2, -0.15) is 0 Å². The molecule has 0 radical (unpaired) electrons. The lowest BCUT2D eigenvalue weighted by molar-refractivity contribution is 0.152. The molecule has 0 bridgehead atoms. The van der Waals surface area contributed by atoms with Gasteiger partial charge in [-0.05, 0) is 45.0 Å². The molecule has 1 fully saturated rings. The molecule has 2 rings (SSSR count). The van der Waals surface area contributed by atoms with Gasteiger partial charge in [0.1, 0.15) is 5.76 Å². The molecule has 0 aliphatic carbocycles. The smallest absolute Gasteiger partial charge is 0.191 e. The first-order valence-corrected chi connectivity index (χ1v) is 9.19. The van der Waals surface area contributed by atoms with Crippen LogP contribution in [-0.2, 0) is 11.2 Å². The number of ether oxygens (including phenoxy) is 1. The Morgan fingerprint density at radius 2 is 2.25 bits per heavy atom. The van der Waals surface area contributed by atoms with Gasteiger partial charge in [-0.3, -0.25) is 9.89 Å². The molecule has 1 aromatic heterocycles. The maximum Gasteiger partial charge on any atom is 0.191 e. The van der Waals surface area contributed by atoms with Crippen LogP contribution in [0.3, 0.4) is 0 Å². The monoisotopic (exact) mass is 336 g/mol. The number of nitrogens with one attached hydrogen (secondary N) is 2. The van der Waals surface area contributed by atoms with Crippen LogP contribution in [0.15, 0.2) is 27.8 Å². The SMILES string of the molecule is CCOCCNC(=NCC1CCCN1CC)NCCc1ccco1. The summed E-state index contributed by atoms with van der Waals surface area (Å²) in [6.07, 6.45) is 5.09. The van der Waals surface area contributed by atoms with Gasteiger partial charge in [0.2, 0.25) is 0 Å². The fraction of sp³-hybridized carbons (Fsp3) is 0.722. The third-order valence-corrected chi connectivity index (χ3v) is 4.35. The molecule has 1 saturated heterocycles. The summed E-state index contributed by atoms with van der Waals surface area (Å²) in [7, 11) is 0. The van der Waals surface area contributed by atoms with E-state index >= 15 is 0 Å². The summed E-state index contributed by atoms with van der Waals surface area (Å²) in [6.45, 7) is 10.4. The predicted molar refractivity (Wildman–Crippen MR) is 97.5 cm³/mol. The maximum absolute atomic E-state index is 5.39. The van der Waals surface area contributed by atoms with E-state index in [1.54, 1.807) is 6.26 Å². The molecule has 2 heterocycles. The fourth-order valence-electron chi connectivity index (χ4n) is 3.03. The normalized spacial score (nSPS) is 18.9. The number of rotatable bonds is 10. The van der Waals surface area contributed by atoms with Crippen molar-refractivity contribution in [3.05, 3.63) is 24.2 Å². The third-order valence-electron chi connectivity index (χ3n) is 4.35. The van der Waals surface area contributed by atoms with Gasteiger partial charge in [-0.15, -0.1) is 0 Å². The van der Waals surface area contributed by atoms with Crippen LogP contribution >= 0.6 is 0 Å². The number of nitrogens with zero attached hydrogens (tertiary/aromatic N) is 2. The second kappa shape index (κ2) is 11.1. The standard InChI is InChI=1S/C18H32N4O2/c1-3-22-12-5-7-16(22)15-21-18(20-11-14-23-4-2)19-10-9-17-8-6-13-24-17/h6,8,13,16H,3-5,7,9-12,14-15H2,1-2H3,(H2,19,20,21). The molecule has 1 aliphatic heterocycles. The van der Waals surface area contributed by atoms with Crippen molar-refractivity contribution >= 4 is 5.96 Å². The van der Waals surface area contributed by atoms with Crippen LogP contribution in [0.1, 0.15) is 32.4 Å². The molecule has 1 aliphatic rings. The number of furan rings is 1. The number of guanidine groups is 1. The third kappa shape index (κ3) is 6.53. The largest absolute Gasteiger partial charge is 0.469 e. The predicted octanol–water partition coefficient (Wildman–Crippen LogP) is 1.88. The van der Waals surface area contributed by atoms with E-state index in [0.717, 1.165) is 50.9 Å². The quantitative estimate of drug-likeness (QED) is 0.388. The van der Waals surface area contributed by atoms with Crippen LogP contribution < -0.4 is 10.6 Å². The molecular weight excluding hydrogens is 304 g/mol. The first-order valence-electron chi connectivity index (χ1n) is 9.19. The van der Waals surface area contributed by atoms with Crippen LogP contribution in [0.4, 0.5) is 0 Å². The molecule has 0 aromatic carbocycles. The summed E-state index contributed by atoms with van der Waals surface area (Å²) in [5.41, 5.74) is 0. The van der Waals surface area contributed by atoms with E-state index in [-0.39, 0.29) is 0 Å². The van der Waals surface area contributed by atoms with Crippen molar-refractivity contribution in [2.45, 2.75) is 39.2 Å². The topological polar surface area (TPSA) is 62.0 Å². The second-order valence-electron chi connectivity index (χ2n) is 5.99. The average Bonchev–Trinajstić information content (AvgIpc) is 3.27. The highest BCUT2D eigenvalue weighted by Gasteiger charge is 2.22. The van der Waals surface area contributed by atoms with Crippen LogP contribution in [0.25, 0.3) is 0 Å². The zero-order chi connectivity index (χ0) is 17.0. The van der Waals surface area contributed by atoms with Crippen molar-refractivity contribution < 1.29 is 9.15 Å². The first-order chi connectivity index (χ1) is 11.8. The summed E-state index contributed by atoms with van der Waals surface area (Å²) >= 11 is 0. The zero-order valence-corrected chi connectivity index (χ0v) is 15.1. The van der Waals surface area contributed by atoms with Gasteiger partial charge in [0, 0.05) is 32.2 Å². The summed E-state index contributed by atoms with van der Waals surface area (Å²) in [5.74, 6) is 1.85. The molecule has 1 aromatic rings. The molecule has 6 nitrogen and oxygen atoms in total. The van der Waals surface area contributed by atoms with Gasteiger partial charge in [-0.1, -0.05) is 6.92 Å². The van der Waals surface area contributed by atoms with Crippen LogP contribution in [-0.4, -0.2) is 62.8 Å². The second-order valence-corrected chi connectivity index (χ2v) is 5.99. The Hall–Kier alpha value is -1.53. The molecule has 0 amide bonds. The lowest BCUT2D eigenvalue weighted by Gasteiger charge is -2.21. The lowest BCUT2D eigenvalue weighted by atomic mass is 10.2. The summed E-state index contributed by atoms with van der Waals surface area (Å²) in [4.78, 5) is 7.31. The molecule has 1 unspecified atom stereocenters. The molecule has 6 heteroatoms. The van der Waals surface area contributed by atoms with E-state index in [9.17, 15) is 0 Å². The van der Waals surface area contributed by atoms with Crippen molar-refractivity contribution in [2.75, 3.05) is 45.9 Å². The molecule has 136 valence electrons. The van der Waals surface area contributed by atoms with Crippen LogP contribution in [0.2, 0.25) is 0 Å². The van der Waals surface area contributed by atoms with Crippen molar-refractivity contribution in [1.82, 2.24) is 15.5 Å². The van der Waals surface area contributed by atoms with Gasteiger partial charge in [0.15, 0.2) is 5.96 Å². The molecule has 0 spiro atoms. The number of hydrogen-bond donors (Lipinski definition) is 2. The Morgan fingerprint density at radius 1 is 1.38 bits per heavy atom. The fourth-order valence-corrected chi connectivity index (χ4v) is 3.03. The van der Waals surface area contributed by atoms with Gasteiger partial charge in [-0.25, -0.2) is 0 Å². The number of aliphatic imine (C=N–C) groups is 1. The Balaban J connectivity index is 1.79. The molecule has 0 saturated carbocycles. The molecular formula is C18H32N4O2. The first kappa shape index (κ1) is 18.8. The molecule has 1 atom stereocenters. The van der Waals surface area contributed by atoms with Crippen molar-refractivity contribution in [3.63, 3.8) is 0 Å². The van der Waals surface area contributed by atoms with E-state index < -0.39 is 0 Å². The number of hydrogen-bond acceptors (Lipinski definition) is 4. The van der Waals surface area contributed by atoms with Gasteiger partial charge < -0.3 is 19.8 Å². The van der Waals surface area contributed by atoms with Crippen LogP contribution in [0, 0.1) is 0 Å².